The first-order chi connectivity index (χ1) is 10.3. The van der Waals surface area contributed by atoms with Crippen molar-refractivity contribution in [1.82, 2.24) is 24.9 Å². The van der Waals surface area contributed by atoms with E-state index in [1.54, 1.807) is 13.3 Å². The van der Waals surface area contributed by atoms with Gasteiger partial charge in [0, 0.05) is 24.4 Å². The summed E-state index contributed by atoms with van der Waals surface area (Å²) >= 11 is 0. The van der Waals surface area contributed by atoms with Gasteiger partial charge >= 0.3 is 0 Å². The lowest BCUT2D eigenvalue weighted by molar-refractivity contribution is 0.0504. The Morgan fingerprint density at radius 3 is 2.71 bits per heavy atom. The molecule has 3 saturated heterocycles. The van der Waals surface area contributed by atoms with Crippen molar-refractivity contribution in [2.45, 2.75) is 18.9 Å². The highest BCUT2D eigenvalue weighted by molar-refractivity contribution is 5.56. The Balaban J connectivity index is 1.57. The van der Waals surface area contributed by atoms with Crippen LogP contribution < -0.4 is 4.74 Å². The van der Waals surface area contributed by atoms with Gasteiger partial charge in [-0.25, -0.2) is 9.67 Å². The molecule has 2 aromatic rings. The van der Waals surface area contributed by atoms with Crippen LogP contribution in [0, 0.1) is 5.92 Å². The molecule has 5 heterocycles. The molecular weight excluding hydrogens is 266 g/mol. The zero-order valence-corrected chi connectivity index (χ0v) is 12.1. The quantitative estimate of drug-likeness (QED) is 0.857. The molecule has 6 heteroatoms. The van der Waals surface area contributed by atoms with E-state index >= 15 is 0 Å². The summed E-state index contributed by atoms with van der Waals surface area (Å²) in [6.45, 7) is 3.59. The Kier molecular flexibility index (Phi) is 3.11. The summed E-state index contributed by atoms with van der Waals surface area (Å²) in [7, 11) is 1.62. The summed E-state index contributed by atoms with van der Waals surface area (Å²) in [5.41, 5.74) is 1.85. The third-order valence-corrected chi connectivity index (χ3v) is 4.71. The predicted molar refractivity (Wildman–Crippen MR) is 78.0 cm³/mol. The van der Waals surface area contributed by atoms with E-state index in [1.807, 2.05) is 12.1 Å². The molecule has 0 amide bonds. The predicted octanol–water partition coefficient (Wildman–Crippen LogP) is 1.62. The SMILES string of the molecule is COc1ccc(-c2cn(C3CN4CCC3CC4)nn2)cn1. The second kappa shape index (κ2) is 5.11. The fraction of sp³-hybridized carbons (Fsp3) is 0.533. The van der Waals surface area contributed by atoms with Crippen LogP contribution >= 0.6 is 0 Å². The van der Waals surface area contributed by atoms with Gasteiger partial charge < -0.3 is 9.64 Å². The number of methoxy groups -OCH3 is 1. The Morgan fingerprint density at radius 1 is 1.24 bits per heavy atom. The highest BCUT2D eigenvalue weighted by Crippen LogP contribution is 2.35. The molecule has 0 aliphatic carbocycles. The summed E-state index contributed by atoms with van der Waals surface area (Å²) in [5, 5.41) is 8.67. The first-order valence-electron chi connectivity index (χ1n) is 7.48. The number of ether oxygens (including phenoxy) is 1. The number of hydrogen-bond acceptors (Lipinski definition) is 5. The van der Waals surface area contributed by atoms with Crippen LogP contribution in [0.3, 0.4) is 0 Å². The van der Waals surface area contributed by atoms with E-state index in [0.717, 1.165) is 23.7 Å². The maximum atomic E-state index is 5.08. The molecule has 21 heavy (non-hydrogen) atoms. The van der Waals surface area contributed by atoms with Crippen LogP contribution in [0.4, 0.5) is 0 Å². The van der Waals surface area contributed by atoms with Crippen LogP contribution in [0.2, 0.25) is 0 Å². The lowest BCUT2D eigenvalue weighted by atomic mass is 9.84. The van der Waals surface area contributed by atoms with E-state index in [2.05, 4.69) is 31.1 Å². The van der Waals surface area contributed by atoms with Crippen molar-refractivity contribution in [3.63, 3.8) is 0 Å². The van der Waals surface area contributed by atoms with E-state index in [-0.39, 0.29) is 0 Å². The van der Waals surface area contributed by atoms with E-state index in [4.69, 9.17) is 4.74 Å². The van der Waals surface area contributed by atoms with Gasteiger partial charge in [-0.3, -0.25) is 0 Å². The van der Waals surface area contributed by atoms with Crippen LogP contribution in [0.25, 0.3) is 11.3 Å². The van der Waals surface area contributed by atoms with Gasteiger partial charge in [0.25, 0.3) is 0 Å². The molecule has 5 rings (SSSR count). The average Bonchev–Trinajstić information content (AvgIpc) is 3.06. The molecule has 0 radical (unpaired) electrons. The van der Waals surface area contributed by atoms with Gasteiger partial charge in [0.05, 0.1) is 19.3 Å². The third-order valence-electron chi connectivity index (χ3n) is 4.71. The molecule has 0 aromatic carbocycles. The summed E-state index contributed by atoms with van der Waals surface area (Å²) < 4.78 is 7.13. The molecule has 6 nitrogen and oxygen atoms in total. The Hall–Kier alpha value is -1.95. The molecule has 2 bridgehead atoms. The minimum atomic E-state index is 0.472. The molecule has 3 aliphatic heterocycles. The Morgan fingerprint density at radius 2 is 2.10 bits per heavy atom. The zero-order valence-electron chi connectivity index (χ0n) is 12.1. The maximum absolute atomic E-state index is 5.08. The number of hydrogen-bond donors (Lipinski definition) is 0. The van der Waals surface area contributed by atoms with Gasteiger partial charge in [-0.15, -0.1) is 5.10 Å². The number of fused-ring (bicyclic) bond motifs is 3. The van der Waals surface area contributed by atoms with Gasteiger partial charge in [0.1, 0.15) is 5.69 Å². The van der Waals surface area contributed by atoms with Crippen molar-refractivity contribution < 1.29 is 4.74 Å². The molecule has 3 aliphatic rings. The molecule has 1 unspecified atom stereocenters. The van der Waals surface area contributed by atoms with Crippen molar-refractivity contribution in [2.24, 2.45) is 5.92 Å². The molecule has 1 atom stereocenters. The van der Waals surface area contributed by atoms with Crippen LogP contribution in [-0.2, 0) is 0 Å². The van der Waals surface area contributed by atoms with Gasteiger partial charge in [0.2, 0.25) is 5.88 Å². The number of nitrogens with zero attached hydrogens (tertiary/aromatic N) is 5. The molecule has 2 aromatic heterocycles. The van der Waals surface area contributed by atoms with Crippen molar-refractivity contribution in [1.29, 1.82) is 0 Å². The molecular formula is C15H19N5O. The van der Waals surface area contributed by atoms with Crippen molar-refractivity contribution >= 4 is 0 Å². The number of piperidine rings is 3. The van der Waals surface area contributed by atoms with Gasteiger partial charge in [-0.1, -0.05) is 5.21 Å². The van der Waals surface area contributed by atoms with Crippen LogP contribution in [-0.4, -0.2) is 51.6 Å². The minimum Gasteiger partial charge on any atom is -0.481 e. The second-order valence-electron chi connectivity index (χ2n) is 5.88. The minimum absolute atomic E-state index is 0.472. The molecule has 0 saturated carbocycles. The van der Waals surface area contributed by atoms with Gasteiger partial charge in [-0.05, 0) is 37.9 Å². The number of pyridine rings is 1. The first kappa shape index (κ1) is 12.8. The summed E-state index contributed by atoms with van der Waals surface area (Å²) in [4.78, 5) is 6.75. The van der Waals surface area contributed by atoms with Crippen molar-refractivity contribution in [2.75, 3.05) is 26.7 Å². The van der Waals surface area contributed by atoms with Crippen molar-refractivity contribution in [3.05, 3.63) is 24.5 Å². The zero-order chi connectivity index (χ0) is 14.2. The maximum Gasteiger partial charge on any atom is 0.212 e. The topological polar surface area (TPSA) is 56.1 Å². The number of rotatable bonds is 3. The second-order valence-corrected chi connectivity index (χ2v) is 5.88. The van der Waals surface area contributed by atoms with E-state index < -0.39 is 0 Å². The van der Waals surface area contributed by atoms with Gasteiger partial charge in [-0.2, -0.15) is 0 Å². The third kappa shape index (κ3) is 2.29. The lowest BCUT2D eigenvalue weighted by Gasteiger charge is -2.44. The average molecular weight is 285 g/mol. The first-order valence-corrected chi connectivity index (χ1v) is 7.48. The normalized spacial score (nSPS) is 27.8. The molecule has 110 valence electrons. The van der Waals surface area contributed by atoms with Crippen molar-refractivity contribution in [3.8, 4) is 17.1 Å². The summed E-state index contributed by atoms with van der Waals surface area (Å²) in [5.74, 6) is 1.36. The number of aromatic nitrogens is 4. The largest absolute Gasteiger partial charge is 0.481 e. The fourth-order valence-corrected chi connectivity index (χ4v) is 3.46. The molecule has 0 N–H and O–H groups in total. The van der Waals surface area contributed by atoms with E-state index in [1.165, 1.54) is 25.9 Å². The Bertz CT molecular complexity index is 615. The van der Waals surface area contributed by atoms with Gasteiger partial charge in [0.15, 0.2) is 0 Å². The highest BCUT2D eigenvalue weighted by Gasteiger charge is 2.35. The monoisotopic (exact) mass is 285 g/mol. The van der Waals surface area contributed by atoms with E-state index in [9.17, 15) is 0 Å². The smallest absolute Gasteiger partial charge is 0.212 e. The van der Waals surface area contributed by atoms with Crippen LogP contribution in [0.1, 0.15) is 18.9 Å². The van der Waals surface area contributed by atoms with Crippen LogP contribution in [0.5, 0.6) is 5.88 Å². The summed E-state index contributed by atoms with van der Waals surface area (Å²) in [6, 6.07) is 4.29. The Labute approximate surface area is 123 Å². The standard InChI is InChI=1S/C15H19N5O/c1-21-15-3-2-12(8-16-15)13-9-20(18-17-13)14-10-19-6-4-11(14)5-7-19/h2-3,8-9,11,14H,4-7,10H2,1H3. The molecule has 0 spiro atoms. The van der Waals surface area contributed by atoms with Crippen LogP contribution in [0.15, 0.2) is 24.5 Å². The summed E-state index contributed by atoms with van der Waals surface area (Å²) in [6.07, 6.45) is 6.40. The molecule has 3 fully saturated rings. The van der Waals surface area contributed by atoms with E-state index in [0.29, 0.717) is 11.9 Å². The highest BCUT2D eigenvalue weighted by atomic mass is 16.5. The fourth-order valence-electron chi connectivity index (χ4n) is 3.46. The lowest BCUT2D eigenvalue weighted by Crippen LogP contribution is -2.48.